The number of para-hydroxylation sites is 1. The van der Waals surface area contributed by atoms with Crippen molar-refractivity contribution in [1.82, 2.24) is 20.1 Å². The molecule has 1 aromatic carbocycles. The van der Waals surface area contributed by atoms with Gasteiger partial charge in [0.15, 0.2) is 0 Å². The van der Waals surface area contributed by atoms with E-state index in [0.717, 1.165) is 29.4 Å². The molecular weight excluding hydrogens is 280 g/mol. The number of thiazole rings is 1. The van der Waals surface area contributed by atoms with Gasteiger partial charge >= 0.3 is 0 Å². The molecule has 0 aliphatic rings. The maximum absolute atomic E-state index is 4.74. The van der Waals surface area contributed by atoms with Gasteiger partial charge in [0.25, 0.3) is 0 Å². The first-order valence-corrected chi connectivity index (χ1v) is 8.13. The summed E-state index contributed by atoms with van der Waals surface area (Å²) in [5.41, 5.74) is 3.38. The number of likely N-dealkylation sites (N-methyl/N-ethyl adjacent to an activating group) is 1. The van der Waals surface area contributed by atoms with Gasteiger partial charge in [-0.3, -0.25) is 4.68 Å². The Labute approximate surface area is 128 Å². The van der Waals surface area contributed by atoms with Crippen LogP contribution in [0.1, 0.15) is 29.4 Å². The van der Waals surface area contributed by atoms with E-state index in [-0.39, 0.29) is 6.04 Å². The molecule has 2 aromatic heterocycles. The lowest BCUT2D eigenvalue weighted by Crippen LogP contribution is -2.23. The summed E-state index contributed by atoms with van der Waals surface area (Å²) in [5.74, 6) is 0. The zero-order valence-electron chi connectivity index (χ0n) is 12.6. The molecule has 0 bridgehead atoms. The van der Waals surface area contributed by atoms with E-state index in [2.05, 4.69) is 46.9 Å². The summed E-state index contributed by atoms with van der Waals surface area (Å²) in [6.07, 6.45) is 0.882. The molecule has 0 aliphatic carbocycles. The third kappa shape index (κ3) is 2.84. The van der Waals surface area contributed by atoms with Crippen molar-refractivity contribution in [3.8, 4) is 0 Å². The number of hydrogen-bond donors (Lipinski definition) is 1. The van der Waals surface area contributed by atoms with Crippen LogP contribution in [0.4, 0.5) is 0 Å². The fourth-order valence-electron chi connectivity index (χ4n) is 2.68. The molecular formula is C16H20N4S. The van der Waals surface area contributed by atoms with Crippen molar-refractivity contribution >= 4 is 22.2 Å². The van der Waals surface area contributed by atoms with Gasteiger partial charge in [-0.1, -0.05) is 25.1 Å². The minimum absolute atomic E-state index is 0.201. The molecule has 0 radical (unpaired) electrons. The van der Waals surface area contributed by atoms with Gasteiger partial charge in [-0.05, 0) is 19.5 Å². The van der Waals surface area contributed by atoms with Crippen LogP contribution in [0.2, 0.25) is 0 Å². The van der Waals surface area contributed by atoms with E-state index in [4.69, 9.17) is 5.10 Å². The number of hydrogen-bond acceptors (Lipinski definition) is 4. The van der Waals surface area contributed by atoms with Gasteiger partial charge in [0.05, 0.1) is 22.3 Å². The largest absolute Gasteiger partial charge is 0.308 e. The Bertz CT molecular complexity index is 744. The summed E-state index contributed by atoms with van der Waals surface area (Å²) in [6.45, 7) is 5.09. The second-order valence-electron chi connectivity index (χ2n) is 5.22. The van der Waals surface area contributed by atoms with Gasteiger partial charge in [-0.25, -0.2) is 4.98 Å². The van der Waals surface area contributed by atoms with Crippen LogP contribution in [0.5, 0.6) is 0 Å². The summed E-state index contributed by atoms with van der Waals surface area (Å²) in [7, 11) is 2.00. The number of fused-ring (bicyclic) bond motifs is 1. The standard InChI is InChI=1S/C16H20N4S/c1-4-17-13(9-15-18-11(2)10-21-15)16-12-7-5-6-8-14(12)20(3)19-16/h5-8,10,13,17H,4,9H2,1-3H3. The van der Waals surface area contributed by atoms with Gasteiger partial charge in [-0.15, -0.1) is 11.3 Å². The van der Waals surface area contributed by atoms with Crippen molar-refractivity contribution in [2.75, 3.05) is 6.54 Å². The van der Waals surface area contributed by atoms with Crippen LogP contribution in [-0.4, -0.2) is 21.3 Å². The van der Waals surface area contributed by atoms with E-state index in [1.165, 1.54) is 10.9 Å². The predicted molar refractivity (Wildman–Crippen MR) is 87.7 cm³/mol. The molecule has 0 fully saturated rings. The fraction of sp³-hybridized carbons (Fsp3) is 0.375. The lowest BCUT2D eigenvalue weighted by molar-refractivity contribution is 0.530. The van der Waals surface area contributed by atoms with Crippen molar-refractivity contribution in [3.63, 3.8) is 0 Å². The Hall–Kier alpha value is -1.72. The maximum atomic E-state index is 4.74. The van der Waals surface area contributed by atoms with Gasteiger partial charge in [0, 0.05) is 29.9 Å². The normalized spacial score (nSPS) is 12.9. The van der Waals surface area contributed by atoms with Crippen molar-refractivity contribution in [3.05, 3.63) is 46.0 Å². The first-order chi connectivity index (χ1) is 10.2. The molecule has 21 heavy (non-hydrogen) atoms. The molecule has 0 saturated heterocycles. The smallest absolute Gasteiger partial charge is 0.0947 e. The summed E-state index contributed by atoms with van der Waals surface area (Å²) in [6, 6.07) is 8.59. The highest BCUT2D eigenvalue weighted by Crippen LogP contribution is 2.26. The average Bonchev–Trinajstić information content (AvgIpc) is 3.03. The van der Waals surface area contributed by atoms with Crippen LogP contribution in [0.15, 0.2) is 29.6 Å². The molecule has 0 aliphatic heterocycles. The van der Waals surface area contributed by atoms with Gasteiger partial charge in [-0.2, -0.15) is 5.10 Å². The van der Waals surface area contributed by atoms with E-state index < -0.39 is 0 Å². The number of rotatable bonds is 5. The fourth-order valence-corrected chi connectivity index (χ4v) is 3.50. The number of benzene rings is 1. The molecule has 1 unspecified atom stereocenters. The van der Waals surface area contributed by atoms with Crippen LogP contribution >= 0.6 is 11.3 Å². The third-order valence-corrected chi connectivity index (χ3v) is 4.60. The number of aromatic nitrogens is 3. The Morgan fingerprint density at radius 1 is 1.33 bits per heavy atom. The molecule has 110 valence electrons. The Morgan fingerprint density at radius 2 is 2.14 bits per heavy atom. The van der Waals surface area contributed by atoms with Crippen molar-refractivity contribution in [2.45, 2.75) is 26.3 Å². The molecule has 2 heterocycles. The van der Waals surface area contributed by atoms with E-state index in [9.17, 15) is 0 Å². The highest BCUT2D eigenvalue weighted by atomic mass is 32.1. The molecule has 0 saturated carbocycles. The monoisotopic (exact) mass is 300 g/mol. The van der Waals surface area contributed by atoms with Crippen molar-refractivity contribution < 1.29 is 0 Å². The van der Waals surface area contributed by atoms with E-state index in [1.54, 1.807) is 11.3 Å². The molecule has 3 rings (SSSR count). The number of nitrogens with zero attached hydrogens (tertiary/aromatic N) is 3. The molecule has 3 aromatic rings. The third-order valence-electron chi connectivity index (χ3n) is 3.61. The molecule has 5 heteroatoms. The number of nitrogens with one attached hydrogen (secondary N) is 1. The van der Waals surface area contributed by atoms with Crippen LogP contribution in [0, 0.1) is 6.92 Å². The highest BCUT2D eigenvalue weighted by Gasteiger charge is 2.19. The lowest BCUT2D eigenvalue weighted by Gasteiger charge is -2.14. The quantitative estimate of drug-likeness (QED) is 0.786. The summed E-state index contributed by atoms with van der Waals surface area (Å²) in [5, 5.41) is 12.8. The molecule has 1 atom stereocenters. The second kappa shape index (κ2) is 5.95. The molecule has 0 amide bonds. The zero-order valence-corrected chi connectivity index (χ0v) is 13.4. The lowest BCUT2D eigenvalue weighted by atomic mass is 10.1. The van der Waals surface area contributed by atoms with Gasteiger partial charge < -0.3 is 5.32 Å². The van der Waals surface area contributed by atoms with Crippen molar-refractivity contribution in [1.29, 1.82) is 0 Å². The predicted octanol–water partition coefficient (Wildman–Crippen LogP) is 3.23. The first-order valence-electron chi connectivity index (χ1n) is 7.25. The summed E-state index contributed by atoms with van der Waals surface area (Å²) < 4.78 is 1.96. The average molecular weight is 300 g/mol. The van der Waals surface area contributed by atoms with Crippen LogP contribution in [0.3, 0.4) is 0 Å². The van der Waals surface area contributed by atoms with Gasteiger partial charge in [0.2, 0.25) is 0 Å². The van der Waals surface area contributed by atoms with Crippen LogP contribution in [0.25, 0.3) is 10.9 Å². The Kier molecular flexibility index (Phi) is 4.03. The first kappa shape index (κ1) is 14.2. The Balaban J connectivity index is 1.99. The highest BCUT2D eigenvalue weighted by molar-refractivity contribution is 7.09. The zero-order chi connectivity index (χ0) is 14.8. The van der Waals surface area contributed by atoms with E-state index >= 15 is 0 Å². The van der Waals surface area contributed by atoms with E-state index in [1.807, 2.05) is 18.7 Å². The minimum Gasteiger partial charge on any atom is -0.308 e. The van der Waals surface area contributed by atoms with Gasteiger partial charge in [0.1, 0.15) is 0 Å². The Morgan fingerprint density at radius 3 is 2.86 bits per heavy atom. The molecule has 1 N–H and O–H groups in total. The topological polar surface area (TPSA) is 42.7 Å². The molecule has 4 nitrogen and oxygen atoms in total. The minimum atomic E-state index is 0.201. The van der Waals surface area contributed by atoms with E-state index in [0.29, 0.717) is 0 Å². The van der Waals surface area contributed by atoms with Crippen molar-refractivity contribution in [2.24, 2.45) is 7.05 Å². The number of aryl methyl sites for hydroxylation is 2. The van der Waals surface area contributed by atoms with Crippen LogP contribution < -0.4 is 5.32 Å². The summed E-state index contributed by atoms with van der Waals surface area (Å²) >= 11 is 1.72. The summed E-state index contributed by atoms with van der Waals surface area (Å²) in [4.78, 5) is 4.59. The SMILES string of the molecule is CCNC(Cc1nc(C)cs1)c1nn(C)c2ccccc12. The second-order valence-corrected chi connectivity index (χ2v) is 6.17. The maximum Gasteiger partial charge on any atom is 0.0947 e. The molecule has 0 spiro atoms. The van der Waals surface area contributed by atoms with Crippen LogP contribution in [-0.2, 0) is 13.5 Å².